The highest BCUT2D eigenvalue weighted by molar-refractivity contribution is 5.82. The number of carbonyl (C=O) groups excluding carboxylic acids is 1. The van der Waals surface area contributed by atoms with Gasteiger partial charge in [-0.3, -0.25) is 4.79 Å². The van der Waals surface area contributed by atoms with E-state index >= 15 is 0 Å². The van der Waals surface area contributed by atoms with Crippen molar-refractivity contribution in [1.29, 1.82) is 0 Å². The topological polar surface area (TPSA) is 35.5 Å². The SMILES string of the molecule is COC(OC)C1CC(C(C)C)CCC1=O. The second-order valence-electron chi connectivity index (χ2n) is 4.69. The minimum atomic E-state index is -0.362. The minimum Gasteiger partial charge on any atom is -0.355 e. The van der Waals surface area contributed by atoms with Gasteiger partial charge in [0.25, 0.3) is 0 Å². The maximum Gasteiger partial charge on any atom is 0.166 e. The highest BCUT2D eigenvalue weighted by Crippen LogP contribution is 2.34. The maximum absolute atomic E-state index is 11.8. The lowest BCUT2D eigenvalue weighted by atomic mass is 9.75. The van der Waals surface area contributed by atoms with Crippen LogP contribution < -0.4 is 0 Å². The molecule has 0 amide bonds. The Morgan fingerprint density at radius 1 is 1.27 bits per heavy atom. The van der Waals surface area contributed by atoms with Crippen LogP contribution in [-0.2, 0) is 14.3 Å². The van der Waals surface area contributed by atoms with Gasteiger partial charge in [-0.1, -0.05) is 13.8 Å². The van der Waals surface area contributed by atoms with Crippen LogP contribution in [0.2, 0.25) is 0 Å². The highest BCUT2D eigenvalue weighted by Gasteiger charge is 2.35. The molecule has 0 bridgehead atoms. The van der Waals surface area contributed by atoms with Gasteiger partial charge < -0.3 is 9.47 Å². The monoisotopic (exact) mass is 214 g/mol. The largest absolute Gasteiger partial charge is 0.355 e. The average Bonchev–Trinajstić information content (AvgIpc) is 2.22. The molecule has 0 spiro atoms. The predicted molar refractivity (Wildman–Crippen MR) is 58.5 cm³/mol. The third-order valence-electron chi connectivity index (χ3n) is 3.47. The van der Waals surface area contributed by atoms with E-state index in [9.17, 15) is 4.79 Å². The van der Waals surface area contributed by atoms with Gasteiger partial charge in [0.05, 0.1) is 5.92 Å². The van der Waals surface area contributed by atoms with Gasteiger partial charge in [-0.25, -0.2) is 0 Å². The van der Waals surface area contributed by atoms with Gasteiger partial charge in [0.15, 0.2) is 6.29 Å². The van der Waals surface area contributed by atoms with Crippen LogP contribution in [0.3, 0.4) is 0 Å². The molecule has 0 saturated heterocycles. The Morgan fingerprint density at radius 2 is 1.87 bits per heavy atom. The van der Waals surface area contributed by atoms with E-state index in [1.54, 1.807) is 14.2 Å². The van der Waals surface area contributed by atoms with Crippen LogP contribution in [0.25, 0.3) is 0 Å². The van der Waals surface area contributed by atoms with Crippen molar-refractivity contribution < 1.29 is 14.3 Å². The van der Waals surface area contributed by atoms with Crippen LogP contribution >= 0.6 is 0 Å². The lowest BCUT2D eigenvalue weighted by Gasteiger charge is -2.33. The van der Waals surface area contributed by atoms with Crippen LogP contribution in [-0.4, -0.2) is 26.3 Å². The lowest BCUT2D eigenvalue weighted by Crippen LogP contribution is -2.37. The molecule has 0 aliphatic heterocycles. The highest BCUT2D eigenvalue weighted by atomic mass is 16.7. The second kappa shape index (κ2) is 5.61. The van der Waals surface area contributed by atoms with E-state index < -0.39 is 0 Å². The Morgan fingerprint density at radius 3 is 2.33 bits per heavy atom. The van der Waals surface area contributed by atoms with Crippen molar-refractivity contribution in [3.8, 4) is 0 Å². The quantitative estimate of drug-likeness (QED) is 0.673. The molecule has 1 rings (SSSR count). The molecule has 1 fully saturated rings. The Hall–Kier alpha value is -0.410. The van der Waals surface area contributed by atoms with Crippen molar-refractivity contribution in [2.24, 2.45) is 17.8 Å². The molecule has 0 aromatic carbocycles. The molecule has 2 atom stereocenters. The normalized spacial score (nSPS) is 27.7. The van der Waals surface area contributed by atoms with E-state index in [0.717, 1.165) is 12.8 Å². The zero-order valence-electron chi connectivity index (χ0n) is 10.2. The summed E-state index contributed by atoms with van der Waals surface area (Å²) in [6.45, 7) is 4.43. The molecule has 88 valence electrons. The minimum absolute atomic E-state index is 0.0684. The zero-order chi connectivity index (χ0) is 11.4. The Labute approximate surface area is 92.1 Å². The Kier molecular flexibility index (Phi) is 4.74. The standard InChI is InChI=1S/C12H22O3/c1-8(2)9-5-6-11(13)10(7-9)12(14-3)15-4/h8-10,12H,5-7H2,1-4H3. The predicted octanol–water partition coefficient (Wildman–Crippen LogP) is 2.25. The number of hydrogen-bond donors (Lipinski definition) is 0. The molecule has 1 aliphatic rings. The van der Waals surface area contributed by atoms with E-state index in [1.165, 1.54) is 0 Å². The van der Waals surface area contributed by atoms with Gasteiger partial charge in [-0.2, -0.15) is 0 Å². The van der Waals surface area contributed by atoms with E-state index in [0.29, 0.717) is 24.0 Å². The maximum atomic E-state index is 11.8. The summed E-state index contributed by atoms with van der Waals surface area (Å²) < 4.78 is 10.4. The molecule has 0 heterocycles. The number of rotatable bonds is 4. The average molecular weight is 214 g/mol. The Balaban J connectivity index is 2.64. The summed E-state index contributed by atoms with van der Waals surface area (Å²) in [4.78, 5) is 11.8. The molecular weight excluding hydrogens is 192 g/mol. The molecule has 0 N–H and O–H groups in total. The zero-order valence-corrected chi connectivity index (χ0v) is 10.2. The van der Waals surface area contributed by atoms with E-state index in [4.69, 9.17) is 9.47 Å². The molecule has 1 aliphatic carbocycles. The molecule has 1 saturated carbocycles. The van der Waals surface area contributed by atoms with Crippen LogP contribution in [0.1, 0.15) is 33.1 Å². The summed E-state index contributed by atoms with van der Waals surface area (Å²) in [6, 6.07) is 0. The fourth-order valence-corrected chi connectivity index (χ4v) is 2.38. The van der Waals surface area contributed by atoms with E-state index in [-0.39, 0.29) is 12.2 Å². The van der Waals surface area contributed by atoms with Crippen molar-refractivity contribution in [2.75, 3.05) is 14.2 Å². The smallest absolute Gasteiger partial charge is 0.166 e. The first-order chi connectivity index (χ1) is 7.10. The molecule has 15 heavy (non-hydrogen) atoms. The number of ketones is 1. The van der Waals surface area contributed by atoms with Crippen molar-refractivity contribution in [2.45, 2.75) is 39.4 Å². The van der Waals surface area contributed by atoms with E-state index in [2.05, 4.69) is 13.8 Å². The summed E-state index contributed by atoms with van der Waals surface area (Å²) in [5, 5.41) is 0. The number of carbonyl (C=O) groups is 1. The first kappa shape index (κ1) is 12.7. The number of ether oxygens (including phenoxy) is 2. The first-order valence-corrected chi connectivity index (χ1v) is 5.68. The van der Waals surface area contributed by atoms with Gasteiger partial charge >= 0.3 is 0 Å². The first-order valence-electron chi connectivity index (χ1n) is 5.68. The molecule has 3 heteroatoms. The van der Waals surface area contributed by atoms with Crippen LogP contribution in [0.15, 0.2) is 0 Å². The molecule has 0 aromatic rings. The summed E-state index contributed by atoms with van der Waals surface area (Å²) in [6.07, 6.45) is 2.24. The molecular formula is C12H22O3. The number of Topliss-reactive ketones (excluding diaryl/α,β-unsaturated/α-hetero) is 1. The fraction of sp³-hybridized carbons (Fsp3) is 0.917. The van der Waals surface area contributed by atoms with Crippen molar-refractivity contribution in [3.63, 3.8) is 0 Å². The third kappa shape index (κ3) is 3.02. The summed E-state index contributed by atoms with van der Waals surface area (Å²) in [5.74, 6) is 1.48. The summed E-state index contributed by atoms with van der Waals surface area (Å²) in [5.41, 5.74) is 0. The van der Waals surface area contributed by atoms with Crippen LogP contribution in [0, 0.1) is 17.8 Å². The summed E-state index contributed by atoms with van der Waals surface area (Å²) >= 11 is 0. The van der Waals surface area contributed by atoms with Gasteiger partial charge in [0.1, 0.15) is 5.78 Å². The van der Waals surface area contributed by atoms with Crippen molar-refractivity contribution >= 4 is 5.78 Å². The summed E-state index contributed by atoms with van der Waals surface area (Å²) in [7, 11) is 3.20. The van der Waals surface area contributed by atoms with Gasteiger partial charge in [0, 0.05) is 20.6 Å². The fourth-order valence-electron chi connectivity index (χ4n) is 2.38. The lowest BCUT2D eigenvalue weighted by molar-refractivity contribution is -0.163. The van der Waals surface area contributed by atoms with E-state index in [1.807, 2.05) is 0 Å². The van der Waals surface area contributed by atoms with Gasteiger partial charge in [-0.15, -0.1) is 0 Å². The van der Waals surface area contributed by atoms with Gasteiger partial charge in [0.2, 0.25) is 0 Å². The number of hydrogen-bond acceptors (Lipinski definition) is 3. The van der Waals surface area contributed by atoms with Crippen LogP contribution in [0.4, 0.5) is 0 Å². The van der Waals surface area contributed by atoms with Crippen molar-refractivity contribution in [3.05, 3.63) is 0 Å². The molecule has 0 aromatic heterocycles. The molecule has 0 radical (unpaired) electrons. The number of methoxy groups -OCH3 is 2. The van der Waals surface area contributed by atoms with Gasteiger partial charge in [-0.05, 0) is 24.7 Å². The Bertz CT molecular complexity index is 209. The molecule has 2 unspecified atom stereocenters. The van der Waals surface area contributed by atoms with Crippen LogP contribution in [0.5, 0.6) is 0 Å². The molecule has 3 nitrogen and oxygen atoms in total. The van der Waals surface area contributed by atoms with Crippen molar-refractivity contribution in [1.82, 2.24) is 0 Å². The third-order valence-corrected chi connectivity index (χ3v) is 3.47. The second-order valence-corrected chi connectivity index (χ2v) is 4.69.